The fourth-order valence-corrected chi connectivity index (χ4v) is 1.76. The highest BCUT2D eigenvalue weighted by Crippen LogP contribution is 2.15. The topological polar surface area (TPSA) is 55.4 Å². The van der Waals surface area contributed by atoms with Crippen LogP contribution in [-0.2, 0) is 9.53 Å². The van der Waals surface area contributed by atoms with Gasteiger partial charge in [0.2, 0.25) is 0 Å². The summed E-state index contributed by atoms with van der Waals surface area (Å²) in [6.07, 6.45) is 3.81. The summed E-state index contributed by atoms with van der Waals surface area (Å²) < 4.78 is 5.13. The third-order valence-electron chi connectivity index (χ3n) is 2.50. The molecule has 0 radical (unpaired) electrons. The third kappa shape index (κ3) is 4.64. The van der Waals surface area contributed by atoms with Gasteiger partial charge in [0.15, 0.2) is 5.78 Å². The summed E-state index contributed by atoms with van der Waals surface area (Å²) in [6.45, 7) is 5.42. The van der Waals surface area contributed by atoms with Gasteiger partial charge in [0.05, 0.1) is 6.04 Å². The van der Waals surface area contributed by atoms with E-state index in [0.717, 1.165) is 25.7 Å². The number of hydrogen-bond acceptors (Lipinski definition) is 3. The van der Waals surface area contributed by atoms with Gasteiger partial charge in [0, 0.05) is 6.42 Å². The second-order valence-electron chi connectivity index (χ2n) is 5.26. The summed E-state index contributed by atoms with van der Waals surface area (Å²) in [5.41, 5.74) is -0.516. The number of ketones is 1. The van der Waals surface area contributed by atoms with Crippen molar-refractivity contribution >= 4 is 11.9 Å². The van der Waals surface area contributed by atoms with E-state index in [0.29, 0.717) is 6.42 Å². The van der Waals surface area contributed by atoms with Crippen LogP contribution in [0, 0.1) is 0 Å². The molecule has 0 unspecified atom stereocenters. The smallest absolute Gasteiger partial charge is 0.408 e. The zero-order chi connectivity index (χ0) is 12.2. The number of nitrogens with one attached hydrogen (secondary N) is 1. The van der Waals surface area contributed by atoms with Gasteiger partial charge in [-0.05, 0) is 33.6 Å². The van der Waals surface area contributed by atoms with Gasteiger partial charge < -0.3 is 10.1 Å². The van der Waals surface area contributed by atoms with Gasteiger partial charge in [0.25, 0.3) is 0 Å². The quantitative estimate of drug-likeness (QED) is 0.700. The Kier molecular flexibility index (Phi) is 4.33. The van der Waals surface area contributed by atoms with E-state index in [2.05, 4.69) is 5.32 Å². The standard InChI is InChI=1S/C12H21NO3/c1-12(2,3)16-11(15)13-9-7-5-4-6-8-10(9)14/h9H,4-8H2,1-3H3,(H,13,15)/t9-/m1/s1. The van der Waals surface area contributed by atoms with Crippen LogP contribution in [0.1, 0.15) is 52.9 Å². The van der Waals surface area contributed by atoms with Crippen molar-refractivity contribution in [1.82, 2.24) is 5.32 Å². The van der Waals surface area contributed by atoms with Crippen LogP contribution in [0.2, 0.25) is 0 Å². The molecule has 0 aromatic heterocycles. The lowest BCUT2D eigenvalue weighted by molar-refractivity contribution is -0.121. The van der Waals surface area contributed by atoms with Crippen molar-refractivity contribution in [2.75, 3.05) is 0 Å². The van der Waals surface area contributed by atoms with Crippen molar-refractivity contribution in [2.45, 2.75) is 64.5 Å². The maximum Gasteiger partial charge on any atom is 0.408 e. The Morgan fingerprint density at radius 1 is 1.31 bits per heavy atom. The number of amides is 1. The van der Waals surface area contributed by atoms with E-state index >= 15 is 0 Å². The molecule has 0 aromatic rings. The molecule has 92 valence electrons. The van der Waals surface area contributed by atoms with Crippen molar-refractivity contribution in [3.63, 3.8) is 0 Å². The molecule has 0 bridgehead atoms. The molecule has 4 nitrogen and oxygen atoms in total. The molecule has 1 rings (SSSR count). The number of rotatable bonds is 1. The second kappa shape index (κ2) is 5.32. The monoisotopic (exact) mass is 227 g/mol. The number of carbonyl (C=O) groups excluding carboxylic acids is 2. The molecule has 1 aliphatic rings. The predicted octanol–water partition coefficient (Wildman–Crippen LogP) is 2.41. The summed E-state index contributed by atoms with van der Waals surface area (Å²) in [7, 11) is 0. The van der Waals surface area contributed by atoms with E-state index < -0.39 is 11.7 Å². The van der Waals surface area contributed by atoms with Crippen LogP contribution < -0.4 is 5.32 Å². The first-order valence-electron chi connectivity index (χ1n) is 5.91. The largest absolute Gasteiger partial charge is 0.444 e. The maximum atomic E-state index is 11.6. The lowest BCUT2D eigenvalue weighted by atomic mass is 10.1. The number of alkyl carbamates (subject to hydrolysis) is 1. The highest BCUT2D eigenvalue weighted by Gasteiger charge is 2.24. The van der Waals surface area contributed by atoms with Crippen LogP contribution in [0.25, 0.3) is 0 Å². The maximum absolute atomic E-state index is 11.6. The first kappa shape index (κ1) is 13.0. The number of ether oxygens (including phenoxy) is 1. The van der Waals surface area contributed by atoms with Gasteiger partial charge in [-0.15, -0.1) is 0 Å². The minimum absolute atomic E-state index is 0.128. The minimum Gasteiger partial charge on any atom is -0.444 e. The number of carbonyl (C=O) groups is 2. The molecular weight excluding hydrogens is 206 g/mol. The normalized spacial score (nSPS) is 22.4. The van der Waals surface area contributed by atoms with Crippen LogP contribution in [0.3, 0.4) is 0 Å². The van der Waals surface area contributed by atoms with E-state index in [-0.39, 0.29) is 11.8 Å². The van der Waals surface area contributed by atoms with Crippen LogP contribution in [-0.4, -0.2) is 23.5 Å². The SMILES string of the molecule is CC(C)(C)OC(=O)N[C@@H]1CCCCCC1=O. The summed E-state index contributed by atoms with van der Waals surface area (Å²) in [4.78, 5) is 23.1. The Labute approximate surface area is 96.7 Å². The fourth-order valence-electron chi connectivity index (χ4n) is 1.76. The molecule has 0 aliphatic heterocycles. The van der Waals surface area contributed by atoms with E-state index in [4.69, 9.17) is 4.74 Å². The van der Waals surface area contributed by atoms with Crippen molar-refractivity contribution in [3.05, 3.63) is 0 Å². The molecule has 0 heterocycles. The zero-order valence-electron chi connectivity index (χ0n) is 10.3. The molecule has 1 aliphatic carbocycles. The van der Waals surface area contributed by atoms with Crippen molar-refractivity contribution < 1.29 is 14.3 Å². The highest BCUT2D eigenvalue weighted by molar-refractivity contribution is 5.87. The molecule has 1 N–H and O–H groups in total. The van der Waals surface area contributed by atoms with Gasteiger partial charge in [0.1, 0.15) is 5.60 Å². The lowest BCUT2D eigenvalue weighted by Crippen LogP contribution is -2.42. The molecule has 0 spiro atoms. The van der Waals surface area contributed by atoms with E-state index in [9.17, 15) is 9.59 Å². The van der Waals surface area contributed by atoms with Gasteiger partial charge in [-0.25, -0.2) is 4.79 Å². The van der Waals surface area contributed by atoms with Crippen LogP contribution >= 0.6 is 0 Å². The lowest BCUT2D eigenvalue weighted by Gasteiger charge is -2.22. The Morgan fingerprint density at radius 2 is 2.00 bits per heavy atom. The van der Waals surface area contributed by atoms with E-state index in [1.54, 1.807) is 0 Å². The van der Waals surface area contributed by atoms with Crippen LogP contribution in [0.4, 0.5) is 4.79 Å². The second-order valence-corrected chi connectivity index (χ2v) is 5.26. The van der Waals surface area contributed by atoms with Gasteiger partial charge in [-0.1, -0.05) is 12.8 Å². The highest BCUT2D eigenvalue weighted by atomic mass is 16.6. The molecule has 0 saturated heterocycles. The van der Waals surface area contributed by atoms with Gasteiger partial charge >= 0.3 is 6.09 Å². The van der Waals surface area contributed by atoms with E-state index in [1.807, 2.05) is 20.8 Å². The van der Waals surface area contributed by atoms with Crippen molar-refractivity contribution in [1.29, 1.82) is 0 Å². The molecule has 1 amide bonds. The predicted molar refractivity (Wildman–Crippen MR) is 61.2 cm³/mol. The number of hydrogen-bond donors (Lipinski definition) is 1. The average Bonchev–Trinajstić information content (AvgIpc) is 2.29. The fraction of sp³-hybridized carbons (Fsp3) is 0.833. The van der Waals surface area contributed by atoms with E-state index in [1.165, 1.54) is 0 Å². The van der Waals surface area contributed by atoms with Crippen LogP contribution in [0.5, 0.6) is 0 Å². The molecule has 1 atom stereocenters. The Morgan fingerprint density at radius 3 is 2.62 bits per heavy atom. The number of Topliss-reactive ketones (excluding diaryl/α,β-unsaturated/α-hetero) is 1. The minimum atomic E-state index is -0.516. The van der Waals surface area contributed by atoms with Crippen molar-refractivity contribution in [2.24, 2.45) is 0 Å². The zero-order valence-corrected chi connectivity index (χ0v) is 10.3. The van der Waals surface area contributed by atoms with Crippen molar-refractivity contribution in [3.8, 4) is 0 Å². The Hall–Kier alpha value is -1.06. The molecule has 1 saturated carbocycles. The molecule has 1 fully saturated rings. The Bertz CT molecular complexity index is 268. The molecule has 16 heavy (non-hydrogen) atoms. The summed E-state index contributed by atoms with van der Waals surface area (Å²) in [6, 6.07) is -0.350. The first-order chi connectivity index (χ1) is 7.38. The van der Waals surface area contributed by atoms with Gasteiger partial charge in [-0.2, -0.15) is 0 Å². The molecule has 4 heteroatoms. The Balaban J connectivity index is 2.45. The molecule has 0 aromatic carbocycles. The summed E-state index contributed by atoms with van der Waals surface area (Å²) in [5.74, 6) is 0.128. The summed E-state index contributed by atoms with van der Waals surface area (Å²) >= 11 is 0. The third-order valence-corrected chi connectivity index (χ3v) is 2.50. The van der Waals surface area contributed by atoms with Gasteiger partial charge in [-0.3, -0.25) is 4.79 Å². The van der Waals surface area contributed by atoms with Crippen LogP contribution in [0.15, 0.2) is 0 Å². The summed E-state index contributed by atoms with van der Waals surface area (Å²) in [5, 5.41) is 2.65. The average molecular weight is 227 g/mol. The first-order valence-corrected chi connectivity index (χ1v) is 5.91. The molecular formula is C12H21NO3.